The fourth-order valence-corrected chi connectivity index (χ4v) is 3.83. The van der Waals surface area contributed by atoms with E-state index in [1.165, 1.54) is 0 Å². The molecular formula is C23H21NO4. The van der Waals surface area contributed by atoms with Crippen LogP contribution < -0.4 is 4.74 Å². The van der Waals surface area contributed by atoms with Gasteiger partial charge in [-0.25, -0.2) is 0 Å². The Morgan fingerprint density at radius 3 is 2.54 bits per heavy atom. The number of amides is 2. The van der Waals surface area contributed by atoms with E-state index >= 15 is 0 Å². The molecule has 5 nitrogen and oxygen atoms in total. The van der Waals surface area contributed by atoms with Gasteiger partial charge in [0.15, 0.2) is 5.78 Å². The van der Waals surface area contributed by atoms with E-state index in [-0.39, 0.29) is 17.8 Å². The average molecular weight is 375 g/mol. The maximum atomic E-state index is 13.0. The summed E-state index contributed by atoms with van der Waals surface area (Å²) in [5.74, 6) is -0.597. The number of nitrogens with zero attached hydrogens (tertiary/aromatic N) is 1. The van der Waals surface area contributed by atoms with Crippen LogP contribution in [-0.4, -0.2) is 35.1 Å². The molecule has 1 unspecified atom stereocenters. The molecule has 0 saturated heterocycles. The number of ketones is 1. The molecule has 1 aliphatic carbocycles. The zero-order valence-corrected chi connectivity index (χ0v) is 15.5. The summed E-state index contributed by atoms with van der Waals surface area (Å²) in [6.07, 6.45) is 2.00. The maximum absolute atomic E-state index is 13.0. The number of hydrogen-bond acceptors (Lipinski definition) is 4. The topological polar surface area (TPSA) is 63.7 Å². The third-order valence-corrected chi connectivity index (χ3v) is 5.28. The fraction of sp³-hybridized carbons (Fsp3) is 0.261. The van der Waals surface area contributed by atoms with Gasteiger partial charge in [-0.3, -0.25) is 19.3 Å². The van der Waals surface area contributed by atoms with E-state index in [4.69, 9.17) is 4.74 Å². The molecule has 2 amide bonds. The van der Waals surface area contributed by atoms with E-state index in [1.54, 1.807) is 18.2 Å². The number of carbonyl (C=O) groups excluding carboxylic acids is 3. The summed E-state index contributed by atoms with van der Waals surface area (Å²) in [4.78, 5) is 39.4. The Bertz CT molecular complexity index is 964. The van der Waals surface area contributed by atoms with Crippen molar-refractivity contribution in [3.05, 3.63) is 77.4 Å². The second kappa shape index (κ2) is 7.43. The summed E-state index contributed by atoms with van der Waals surface area (Å²) in [6.45, 7) is 4.24. The molecule has 0 bridgehead atoms. The van der Waals surface area contributed by atoms with Gasteiger partial charge in [0, 0.05) is 12.8 Å². The molecule has 5 heteroatoms. The van der Waals surface area contributed by atoms with Gasteiger partial charge in [-0.1, -0.05) is 48.6 Å². The molecule has 2 aromatic carbocycles. The lowest BCUT2D eigenvalue weighted by atomic mass is 9.89. The summed E-state index contributed by atoms with van der Waals surface area (Å²) in [5, 5.41) is 0. The molecule has 1 heterocycles. The van der Waals surface area contributed by atoms with E-state index in [1.807, 2.05) is 30.3 Å². The number of benzene rings is 2. The Labute approximate surface area is 163 Å². The Morgan fingerprint density at radius 2 is 1.79 bits per heavy atom. The molecule has 0 aromatic heterocycles. The minimum absolute atomic E-state index is 0.127. The molecule has 0 spiro atoms. The van der Waals surface area contributed by atoms with Gasteiger partial charge < -0.3 is 4.74 Å². The van der Waals surface area contributed by atoms with Crippen LogP contribution in [0.25, 0.3) is 0 Å². The third-order valence-electron chi connectivity index (χ3n) is 5.28. The van der Waals surface area contributed by atoms with E-state index < -0.39 is 17.9 Å². The second-order valence-corrected chi connectivity index (χ2v) is 7.19. The normalized spacial score (nSPS) is 19.1. The lowest BCUT2D eigenvalue weighted by Gasteiger charge is -2.29. The number of carbonyl (C=O) groups is 3. The van der Waals surface area contributed by atoms with E-state index in [0.29, 0.717) is 37.2 Å². The smallest absolute Gasteiger partial charge is 0.266 e. The van der Waals surface area contributed by atoms with Gasteiger partial charge in [-0.2, -0.15) is 0 Å². The summed E-state index contributed by atoms with van der Waals surface area (Å²) in [5.41, 5.74) is 2.55. The summed E-state index contributed by atoms with van der Waals surface area (Å²) >= 11 is 0. The highest BCUT2D eigenvalue weighted by Crippen LogP contribution is 2.35. The Balaban J connectivity index is 1.54. The van der Waals surface area contributed by atoms with Gasteiger partial charge in [-0.05, 0) is 30.5 Å². The lowest BCUT2D eigenvalue weighted by molar-refractivity contribution is -0.123. The van der Waals surface area contributed by atoms with E-state index in [2.05, 4.69) is 6.58 Å². The largest absolute Gasteiger partial charge is 0.492 e. The molecule has 28 heavy (non-hydrogen) atoms. The van der Waals surface area contributed by atoms with Crippen LogP contribution in [0, 0.1) is 0 Å². The summed E-state index contributed by atoms with van der Waals surface area (Å²) in [7, 11) is 0. The Hall–Kier alpha value is -3.21. The van der Waals surface area contributed by atoms with Gasteiger partial charge >= 0.3 is 0 Å². The number of fused-ring (bicyclic) bond motifs is 1. The first-order valence-electron chi connectivity index (χ1n) is 9.43. The SMILES string of the molecule is C=C1CCC(N2C(=O)c3cccc(OCCc4ccccc4)c3C2=O)C(=O)C1. The second-order valence-electron chi connectivity index (χ2n) is 7.19. The van der Waals surface area contributed by atoms with Crippen molar-refractivity contribution in [2.45, 2.75) is 31.7 Å². The number of Topliss-reactive ketones (excluding diaryl/α,β-unsaturated/α-hetero) is 1. The molecule has 1 aliphatic heterocycles. The minimum Gasteiger partial charge on any atom is -0.492 e. The van der Waals surface area contributed by atoms with Crippen LogP contribution in [0.15, 0.2) is 60.7 Å². The van der Waals surface area contributed by atoms with Gasteiger partial charge in [0.2, 0.25) is 0 Å². The number of hydrogen-bond donors (Lipinski definition) is 0. The number of ether oxygens (including phenoxy) is 1. The predicted molar refractivity (Wildman–Crippen MR) is 104 cm³/mol. The first-order chi connectivity index (χ1) is 13.6. The molecule has 0 radical (unpaired) electrons. The molecule has 2 aliphatic rings. The summed E-state index contributed by atoms with van der Waals surface area (Å²) in [6, 6.07) is 14.2. The van der Waals surface area contributed by atoms with Gasteiger partial charge in [0.05, 0.1) is 23.8 Å². The zero-order valence-electron chi connectivity index (χ0n) is 15.5. The van der Waals surface area contributed by atoms with E-state index in [0.717, 1.165) is 16.0 Å². The van der Waals surface area contributed by atoms with E-state index in [9.17, 15) is 14.4 Å². The van der Waals surface area contributed by atoms with Crippen LogP contribution in [0.3, 0.4) is 0 Å². The van der Waals surface area contributed by atoms with Crippen molar-refractivity contribution in [1.82, 2.24) is 4.90 Å². The average Bonchev–Trinajstić information content (AvgIpc) is 2.94. The van der Waals surface area contributed by atoms with Gasteiger partial charge in [0.1, 0.15) is 5.75 Å². The van der Waals surface area contributed by atoms with Gasteiger partial charge in [0.25, 0.3) is 11.8 Å². The van der Waals surface area contributed by atoms with Crippen molar-refractivity contribution in [1.29, 1.82) is 0 Å². The number of rotatable bonds is 5. The van der Waals surface area contributed by atoms with Crippen LogP contribution in [0.5, 0.6) is 5.75 Å². The highest BCUT2D eigenvalue weighted by atomic mass is 16.5. The molecule has 1 saturated carbocycles. The van der Waals surface area contributed by atoms with Crippen molar-refractivity contribution in [3.63, 3.8) is 0 Å². The molecule has 4 rings (SSSR count). The predicted octanol–water partition coefficient (Wildman–Crippen LogP) is 3.58. The molecular weight excluding hydrogens is 354 g/mol. The van der Waals surface area contributed by atoms with Crippen molar-refractivity contribution >= 4 is 17.6 Å². The standard InChI is InChI=1S/C23H21NO4/c1-15-10-11-18(19(25)14-15)24-22(26)17-8-5-9-20(21(17)23(24)27)28-13-12-16-6-3-2-4-7-16/h2-9,18H,1,10-14H2. The molecule has 2 aromatic rings. The van der Waals surface area contributed by atoms with Crippen LogP contribution in [-0.2, 0) is 11.2 Å². The quantitative estimate of drug-likeness (QED) is 0.592. The molecule has 1 fully saturated rings. The first kappa shape index (κ1) is 18.2. The lowest BCUT2D eigenvalue weighted by Crippen LogP contribution is -2.46. The van der Waals surface area contributed by atoms with Gasteiger partial charge in [-0.15, -0.1) is 0 Å². The highest BCUT2D eigenvalue weighted by Gasteiger charge is 2.45. The van der Waals surface area contributed by atoms with Crippen molar-refractivity contribution < 1.29 is 19.1 Å². The fourth-order valence-electron chi connectivity index (χ4n) is 3.83. The van der Waals surface area contributed by atoms with Crippen LogP contribution >= 0.6 is 0 Å². The highest BCUT2D eigenvalue weighted by molar-refractivity contribution is 6.24. The minimum atomic E-state index is -0.713. The van der Waals surface area contributed by atoms with Crippen molar-refractivity contribution in [3.8, 4) is 5.75 Å². The van der Waals surface area contributed by atoms with Crippen LogP contribution in [0.2, 0.25) is 0 Å². The van der Waals surface area contributed by atoms with Crippen LogP contribution in [0.1, 0.15) is 45.5 Å². The maximum Gasteiger partial charge on any atom is 0.266 e. The number of allylic oxidation sites excluding steroid dienone is 1. The number of imide groups is 1. The summed E-state index contributed by atoms with van der Waals surface area (Å²) < 4.78 is 5.85. The van der Waals surface area contributed by atoms with Crippen molar-refractivity contribution in [2.24, 2.45) is 0 Å². The molecule has 0 N–H and O–H groups in total. The monoisotopic (exact) mass is 375 g/mol. The first-order valence-corrected chi connectivity index (χ1v) is 9.43. The third kappa shape index (κ3) is 3.24. The van der Waals surface area contributed by atoms with Crippen molar-refractivity contribution in [2.75, 3.05) is 6.61 Å². The molecule has 1 atom stereocenters. The Morgan fingerprint density at radius 1 is 1.00 bits per heavy atom. The molecule has 142 valence electrons. The zero-order chi connectivity index (χ0) is 19.7. The Kier molecular flexibility index (Phi) is 4.82. The van der Waals surface area contributed by atoms with Crippen LogP contribution in [0.4, 0.5) is 0 Å².